The van der Waals surface area contributed by atoms with Gasteiger partial charge in [0.05, 0.1) is 0 Å². The van der Waals surface area contributed by atoms with Crippen LogP contribution in [-0.4, -0.2) is 23.5 Å². The van der Waals surface area contributed by atoms with Crippen molar-refractivity contribution in [2.24, 2.45) is 5.92 Å². The van der Waals surface area contributed by atoms with E-state index in [0.717, 1.165) is 11.5 Å². The fraction of sp³-hybridized carbons (Fsp3) is 1.00. The molecule has 0 N–H and O–H groups in total. The quantitative estimate of drug-likeness (QED) is 0.631. The van der Waals surface area contributed by atoms with Gasteiger partial charge in [0.2, 0.25) is 0 Å². The van der Waals surface area contributed by atoms with Gasteiger partial charge >= 0.3 is 9.28 Å². The standard InChI is InChI=1S/C9H20O2Si/c1-8-5-4-6-9(7-8)12(10-2)11-3/h8-9,12H,4-7H2,1-3H3. The molecule has 1 aliphatic rings. The molecular formula is C9H20O2Si. The summed E-state index contributed by atoms with van der Waals surface area (Å²) in [5.41, 5.74) is 0.753. The normalized spacial score (nSPS) is 31.0. The molecule has 0 aliphatic heterocycles. The van der Waals surface area contributed by atoms with Gasteiger partial charge in [0.15, 0.2) is 0 Å². The Morgan fingerprint density at radius 1 is 1.17 bits per heavy atom. The van der Waals surface area contributed by atoms with Crippen LogP contribution in [0.2, 0.25) is 5.54 Å². The van der Waals surface area contributed by atoms with Gasteiger partial charge < -0.3 is 8.85 Å². The highest BCUT2D eigenvalue weighted by atomic mass is 28.3. The molecule has 0 aromatic heterocycles. The van der Waals surface area contributed by atoms with Crippen molar-refractivity contribution in [2.75, 3.05) is 14.2 Å². The van der Waals surface area contributed by atoms with Crippen LogP contribution in [0.15, 0.2) is 0 Å². The molecule has 1 aliphatic carbocycles. The maximum Gasteiger partial charge on any atom is 0.324 e. The van der Waals surface area contributed by atoms with Gasteiger partial charge in [-0.1, -0.05) is 19.8 Å². The molecule has 1 rings (SSSR count). The first kappa shape index (κ1) is 10.2. The van der Waals surface area contributed by atoms with Crippen LogP contribution in [0.25, 0.3) is 0 Å². The Balaban J connectivity index is 2.38. The third-order valence-electron chi connectivity index (χ3n) is 2.83. The second kappa shape index (κ2) is 4.99. The van der Waals surface area contributed by atoms with Gasteiger partial charge in [-0.25, -0.2) is 0 Å². The van der Waals surface area contributed by atoms with Crippen LogP contribution < -0.4 is 0 Å². The Hall–Kier alpha value is 0.137. The van der Waals surface area contributed by atoms with Gasteiger partial charge in [-0.15, -0.1) is 0 Å². The lowest BCUT2D eigenvalue weighted by Gasteiger charge is -2.29. The van der Waals surface area contributed by atoms with Crippen molar-refractivity contribution in [2.45, 2.75) is 38.1 Å². The first-order valence-corrected chi connectivity index (χ1v) is 6.44. The predicted octanol–water partition coefficient (Wildman–Crippen LogP) is 2.08. The SMILES string of the molecule is CO[SiH](OC)C1CCCC(C)C1. The zero-order valence-electron chi connectivity index (χ0n) is 8.38. The van der Waals surface area contributed by atoms with Gasteiger partial charge in [0, 0.05) is 19.8 Å². The van der Waals surface area contributed by atoms with E-state index >= 15 is 0 Å². The molecule has 0 radical (unpaired) electrons. The van der Waals surface area contributed by atoms with Crippen LogP contribution in [0, 0.1) is 5.92 Å². The zero-order valence-corrected chi connectivity index (χ0v) is 9.53. The van der Waals surface area contributed by atoms with Crippen molar-refractivity contribution in [3.63, 3.8) is 0 Å². The Morgan fingerprint density at radius 3 is 2.33 bits per heavy atom. The summed E-state index contributed by atoms with van der Waals surface area (Å²) in [6.45, 7) is 2.34. The highest BCUT2D eigenvalue weighted by Crippen LogP contribution is 2.34. The summed E-state index contributed by atoms with van der Waals surface area (Å²) in [7, 11) is 2.27. The van der Waals surface area contributed by atoms with E-state index in [2.05, 4.69) is 6.92 Å². The fourth-order valence-electron chi connectivity index (χ4n) is 2.21. The summed E-state index contributed by atoms with van der Waals surface area (Å²) in [6.07, 6.45) is 5.40. The van der Waals surface area contributed by atoms with Crippen molar-refractivity contribution in [1.29, 1.82) is 0 Å². The molecular weight excluding hydrogens is 168 g/mol. The molecule has 1 saturated carbocycles. The van der Waals surface area contributed by atoms with Gasteiger partial charge in [-0.05, 0) is 18.8 Å². The summed E-state index contributed by atoms with van der Waals surface area (Å²) in [5.74, 6) is 0.879. The smallest absolute Gasteiger partial charge is 0.324 e. The number of rotatable bonds is 3. The van der Waals surface area contributed by atoms with Crippen molar-refractivity contribution >= 4 is 9.28 Å². The highest BCUT2D eigenvalue weighted by Gasteiger charge is 2.28. The molecule has 0 bridgehead atoms. The van der Waals surface area contributed by atoms with Gasteiger partial charge in [0.1, 0.15) is 0 Å². The highest BCUT2D eigenvalue weighted by molar-refractivity contribution is 6.46. The van der Waals surface area contributed by atoms with Crippen molar-refractivity contribution in [3.8, 4) is 0 Å². The molecule has 0 spiro atoms. The largest absolute Gasteiger partial charge is 0.400 e. The van der Waals surface area contributed by atoms with Crippen molar-refractivity contribution in [1.82, 2.24) is 0 Å². The molecule has 2 atom stereocenters. The van der Waals surface area contributed by atoms with Crippen LogP contribution >= 0.6 is 0 Å². The van der Waals surface area contributed by atoms with E-state index in [0.29, 0.717) is 0 Å². The molecule has 1 fully saturated rings. The second-order valence-corrected chi connectivity index (χ2v) is 6.49. The Labute approximate surface area is 77.1 Å². The van der Waals surface area contributed by atoms with E-state index in [-0.39, 0.29) is 0 Å². The average Bonchev–Trinajstić information content (AvgIpc) is 2.07. The first-order valence-electron chi connectivity index (χ1n) is 4.83. The van der Waals surface area contributed by atoms with Gasteiger partial charge in [-0.3, -0.25) is 0 Å². The average molecular weight is 188 g/mol. The molecule has 0 amide bonds. The van der Waals surface area contributed by atoms with Crippen molar-refractivity contribution < 1.29 is 8.85 Å². The Bertz CT molecular complexity index is 126. The minimum absolute atomic E-state index is 0.753. The topological polar surface area (TPSA) is 18.5 Å². The first-order chi connectivity index (χ1) is 5.77. The molecule has 2 nitrogen and oxygen atoms in total. The Morgan fingerprint density at radius 2 is 1.83 bits per heavy atom. The summed E-state index contributed by atoms with van der Waals surface area (Å²) < 4.78 is 10.8. The predicted molar refractivity (Wildman–Crippen MR) is 52.5 cm³/mol. The second-order valence-electron chi connectivity index (χ2n) is 3.87. The van der Waals surface area contributed by atoms with Crippen LogP contribution in [0.1, 0.15) is 32.6 Å². The van der Waals surface area contributed by atoms with E-state index in [4.69, 9.17) is 8.85 Å². The summed E-state index contributed by atoms with van der Waals surface area (Å²) in [6, 6.07) is 0. The fourth-order valence-corrected chi connectivity index (χ4v) is 4.37. The molecule has 3 heteroatoms. The lowest BCUT2D eigenvalue weighted by atomic mass is 9.90. The molecule has 0 aromatic carbocycles. The molecule has 0 heterocycles. The third kappa shape index (κ3) is 2.57. The van der Waals surface area contributed by atoms with Crippen molar-refractivity contribution in [3.05, 3.63) is 0 Å². The number of hydrogen-bond donors (Lipinski definition) is 0. The molecule has 12 heavy (non-hydrogen) atoms. The van der Waals surface area contributed by atoms with Crippen LogP contribution in [0.3, 0.4) is 0 Å². The van der Waals surface area contributed by atoms with Crippen LogP contribution in [0.5, 0.6) is 0 Å². The maximum atomic E-state index is 5.40. The molecule has 0 aromatic rings. The van der Waals surface area contributed by atoms with Crippen LogP contribution in [0.4, 0.5) is 0 Å². The minimum atomic E-state index is -1.31. The van der Waals surface area contributed by atoms with E-state index in [1.54, 1.807) is 14.2 Å². The lowest BCUT2D eigenvalue weighted by Crippen LogP contribution is -2.29. The van der Waals surface area contributed by atoms with Gasteiger partial charge in [0.25, 0.3) is 0 Å². The molecule has 0 saturated heterocycles. The molecule has 2 unspecified atom stereocenters. The van der Waals surface area contributed by atoms with E-state index in [9.17, 15) is 0 Å². The maximum absolute atomic E-state index is 5.40. The number of hydrogen-bond acceptors (Lipinski definition) is 2. The summed E-state index contributed by atoms with van der Waals surface area (Å²) in [5, 5.41) is 0. The van der Waals surface area contributed by atoms with Crippen LogP contribution in [-0.2, 0) is 8.85 Å². The Kier molecular flexibility index (Phi) is 4.25. The zero-order chi connectivity index (χ0) is 8.97. The summed E-state index contributed by atoms with van der Waals surface area (Å²) in [4.78, 5) is 0. The van der Waals surface area contributed by atoms with Gasteiger partial charge in [-0.2, -0.15) is 0 Å². The monoisotopic (exact) mass is 188 g/mol. The van der Waals surface area contributed by atoms with E-state index in [1.165, 1.54) is 25.7 Å². The lowest BCUT2D eigenvalue weighted by molar-refractivity contribution is 0.241. The molecule has 72 valence electrons. The minimum Gasteiger partial charge on any atom is -0.400 e. The van der Waals surface area contributed by atoms with E-state index in [1.807, 2.05) is 0 Å². The van der Waals surface area contributed by atoms with E-state index < -0.39 is 9.28 Å². The summed E-state index contributed by atoms with van der Waals surface area (Å²) >= 11 is 0. The third-order valence-corrected chi connectivity index (χ3v) is 5.13.